The molecule has 0 aliphatic carbocycles. The number of pyridine rings is 1. The van der Waals surface area contributed by atoms with Gasteiger partial charge in [0.1, 0.15) is 5.82 Å². The molecule has 0 aliphatic heterocycles. The van der Waals surface area contributed by atoms with E-state index in [-0.39, 0.29) is 11.9 Å². The van der Waals surface area contributed by atoms with Crippen LogP contribution in [-0.2, 0) is 0 Å². The molecule has 1 unspecified atom stereocenters. The van der Waals surface area contributed by atoms with Gasteiger partial charge in [0.2, 0.25) is 0 Å². The van der Waals surface area contributed by atoms with E-state index in [1.165, 1.54) is 12.3 Å². The molecule has 0 aliphatic rings. The molecule has 90 valence electrons. The summed E-state index contributed by atoms with van der Waals surface area (Å²) in [6, 6.07) is 3.12. The Morgan fingerprint density at radius 1 is 1.38 bits per heavy atom. The molecule has 0 saturated carbocycles. The molecule has 1 rings (SSSR count). The summed E-state index contributed by atoms with van der Waals surface area (Å²) in [6.07, 6.45) is 0.816. The number of nitrogens with one attached hydrogen (secondary N) is 1. The number of aliphatic hydroxyl groups excluding tert-OH is 1. The Bertz CT molecular complexity index is 311. The van der Waals surface area contributed by atoms with E-state index in [0.29, 0.717) is 12.5 Å². The highest BCUT2D eigenvalue weighted by Crippen LogP contribution is 2.19. The van der Waals surface area contributed by atoms with Gasteiger partial charge in [-0.15, -0.1) is 0 Å². The van der Waals surface area contributed by atoms with Gasteiger partial charge in [-0.3, -0.25) is 4.98 Å². The quantitative estimate of drug-likeness (QED) is 0.806. The molecule has 4 heteroatoms. The van der Waals surface area contributed by atoms with Crippen LogP contribution in [0, 0.1) is 11.7 Å². The van der Waals surface area contributed by atoms with Crippen LogP contribution in [0.2, 0.25) is 0 Å². The SMILES string of the molecule is CC(C)C(NC[C@@H](C)O)c1ccc(F)cn1. The molecule has 0 amide bonds. The van der Waals surface area contributed by atoms with Crippen molar-refractivity contribution < 1.29 is 9.50 Å². The van der Waals surface area contributed by atoms with Crippen LogP contribution >= 0.6 is 0 Å². The van der Waals surface area contributed by atoms with Crippen molar-refractivity contribution in [3.8, 4) is 0 Å². The predicted molar refractivity (Wildman–Crippen MR) is 61.5 cm³/mol. The van der Waals surface area contributed by atoms with Gasteiger partial charge < -0.3 is 10.4 Å². The van der Waals surface area contributed by atoms with E-state index in [2.05, 4.69) is 24.1 Å². The summed E-state index contributed by atoms with van der Waals surface area (Å²) in [5.41, 5.74) is 0.803. The molecule has 0 aromatic carbocycles. The third-order valence-corrected chi connectivity index (χ3v) is 2.37. The monoisotopic (exact) mass is 226 g/mol. The highest BCUT2D eigenvalue weighted by Gasteiger charge is 2.16. The molecule has 16 heavy (non-hydrogen) atoms. The van der Waals surface area contributed by atoms with Crippen molar-refractivity contribution in [2.45, 2.75) is 32.9 Å². The molecular weight excluding hydrogens is 207 g/mol. The Labute approximate surface area is 95.7 Å². The van der Waals surface area contributed by atoms with E-state index in [9.17, 15) is 9.50 Å². The maximum Gasteiger partial charge on any atom is 0.141 e. The number of hydrogen-bond donors (Lipinski definition) is 2. The molecule has 0 radical (unpaired) electrons. The fourth-order valence-electron chi connectivity index (χ4n) is 1.55. The fraction of sp³-hybridized carbons (Fsp3) is 0.583. The largest absolute Gasteiger partial charge is 0.392 e. The lowest BCUT2D eigenvalue weighted by Gasteiger charge is -2.22. The number of nitrogens with zero attached hydrogens (tertiary/aromatic N) is 1. The van der Waals surface area contributed by atoms with Crippen LogP contribution < -0.4 is 5.32 Å². The molecule has 3 nitrogen and oxygen atoms in total. The Hall–Kier alpha value is -1.00. The topological polar surface area (TPSA) is 45.1 Å². The van der Waals surface area contributed by atoms with Crippen molar-refractivity contribution >= 4 is 0 Å². The summed E-state index contributed by atoms with van der Waals surface area (Å²) in [6.45, 7) is 6.35. The summed E-state index contributed by atoms with van der Waals surface area (Å²) in [5, 5.41) is 12.5. The lowest BCUT2D eigenvalue weighted by molar-refractivity contribution is 0.181. The van der Waals surface area contributed by atoms with E-state index < -0.39 is 6.10 Å². The minimum atomic E-state index is -0.401. The second-order valence-electron chi connectivity index (χ2n) is 4.38. The Kier molecular flexibility index (Phi) is 4.83. The molecular formula is C12H19FN2O. The zero-order chi connectivity index (χ0) is 12.1. The molecule has 0 saturated heterocycles. The van der Waals surface area contributed by atoms with Gasteiger partial charge in [-0.25, -0.2) is 4.39 Å². The van der Waals surface area contributed by atoms with Gasteiger partial charge in [-0.1, -0.05) is 13.8 Å². The second-order valence-corrected chi connectivity index (χ2v) is 4.38. The Balaban J connectivity index is 2.73. The van der Waals surface area contributed by atoms with Crippen molar-refractivity contribution in [2.75, 3.05) is 6.54 Å². The van der Waals surface area contributed by atoms with Gasteiger partial charge in [0.05, 0.1) is 24.0 Å². The summed E-state index contributed by atoms with van der Waals surface area (Å²) in [5.74, 6) is -0.00139. The van der Waals surface area contributed by atoms with Crippen molar-refractivity contribution in [2.24, 2.45) is 5.92 Å². The Morgan fingerprint density at radius 3 is 2.50 bits per heavy atom. The highest BCUT2D eigenvalue weighted by molar-refractivity contribution is 5.10. The Morgan fingerprint density at radius 2 is 2.06 bits per heavy atom. The average Bonchev–Trinajstić information content (AvgIpc) is 2.20. The number of aliphatic hydroxyl groups is 1. The predicted octanol–water partition coefficient (Wildman–Crippen LogP) is 1.89. The van der Waals surface area contributed by atoms with Crippen LogP contribution in [0.15, 0.2) is 18.3 Å². The van der Waals surface area contributed by atoms with Crippen molar-refractivity contribution in [3.05, 3.63) is 29.8 Å². The van der Waals surface area contributed by atoms with Gasteiger partial charge in [0.25, 0.3) is 0 Å². The first-order valence-corrected chi connectivity index (χ1v) is 5.53. The minimum absolute atomic E-state index is 0.0372. The summed E-state index contributed by atoms with van der Waals surface area (Å²) in [7, 11) is 0. The van der Waals surface area contributed by atoms with Gasteiger partial charge in [0.15, 0.2) is 0 Å². The van der Waals surface area contributed by atoms with Crippen LogP contribution in [-0.4, -0.2) is 22.7 Å². The molecule has 1 heterocycles. The molecule has 0 fully saturated rings. The van der Waals surface area contributed by atoms with Gasteiger partial charge in [-0.05, 0) is 25.0 Å². The molecule has 1 aromatic rings. The molecule has 0 bridgehead atoms. The van der Waals surface area contributed by atoms with Crippen LogP contribution in [0.5, 0.6) is 0 Å². The number of rotatable bonds is 5. The average molecular weight is 226 g/mol. The summed E-state index contributed by atoms with van der Waals surface area (Å²) < 4.78 is 12.7. The second kappa shape index (κ2) is 5.92. The van der Waals surface area contributed by atoms with Gasteiger partial charge in [-0.2, -0.15) is 0 Å². The van der Waals surface area contributed by atoms with Crippen LogP contribution in [0.3, 0.4) is 0 Å². The first kappa shape index (κ1) is 13.1. The van der Waals surface area contributed by atoms with E-state index in [1.807, 2.05) is 0 Å². The standard InChI is InChI=1S/C12H19FN2O/c1-8(2)12(15-6-9(3)16)11-5-4-10(13)7-14-11/h4-5,7-9,12,15-16H,6H2,1-3H3/t9-,12?/m1/s1. The zero-order valence-corrected chi connectivity index (χ0v) is 9.94. The van der Waals surface area contributed by atoms with Crippen LogP contribution in [0.25, 0.3) is 0 Å². The highest BCUT2D eigenvalue weighted by atomic mass is 19.1. The summed E-state index contributed by atoms with van der Waals surface area (Å²) >= 11 is 0. The van der Waals surface area contributed by atoms with Crippen molar-refractivity contribution in [3.63, 3.8) is 0 Å². The summed E-state index contributed by atoms with van der Waals surface area (Å²) in [4.78, 5) is 4.06. The minimum Gasteiger partial charge on any atom is -0.392 e. The lowest BCUT2D eigenvalue weighted by atomic mass is 10.00. The van der Waals surface area contributed by atoms with E-state index in [1.54, 1.807) is 13.0 Å². The van der Waals surface area contributed by atoms with E-state index in [0.717, 1.165) is 5.69 Å². The first-order valence-electron chi connectivity index (χ1n) is 5.53. The lowest BCUT2D eigenvalue weighted by Crippen LogP contribution is -2.32. The maximum atomic E-state index is 12.7. The number of hydrogen-bond acceptors (Lipinski definition) is 3. The molecule has 2 atom stereocenters. The van der Waals surface area contributed by atoms with E-state index >= 15 is 0 Å². The first-order chi connectivity index (χ1) is 7.50. The number of aromatic nitrogens is 1. The van der Waals surface area contributed by atoms with Crippen molar-refractivity contribution in [1.82, 2.24) is 10.3 Å². The van der Waals surface area contributed by atoms with Gasteiger partial charge in [0, 0.05) is 6.54 Å². The zero-order valence-electron chi connectivity index (χ0n) is 9.94. The molecule has 2 N–H and O–H groups in total. The van der Waals surface area contributed by atoms with Crippen molar-refractivity contribution in [1.29, 1.82) is 0 Å². The third kappa shape index (κ3) is 3.87. The van der Waals surface area contributed by atoms with Gasteiger partial charge >= 0.3 is 0 Å². The van der Waals surface area contributed by atoms with Crippen LogP contribution in [0.4, 0.5) is 4.39 Å². The normalized spacial score (nSPS) is 15.1. The van der Waals surface area contributed by atoms with E-state index in [4.69, 9.17) is 0 Å². The van der Waals surface area contributed by atoms with Crippen LogP contribution in [0.1, 0.15) is 32.5 Å². The molecule has 0 spiro atoms. The molecule has 1 aromatic heterocycles. The number of halogens is 1. The smallest absolute Gasteiger partial charge is 0.141 e. The fourth-order valence-corrected chi connectivity index (χ4v) is 1.55. The maximum absolute atomic E-state index is 12.7. The third-order valence-electron chi connectivity index (χ3n) is 2.37.